The van der Waals surface area contributed by atoms with Gasteiger partial charge in [-0.15, -0.1) is 0 Å². The van der Waals surface area contributed by atoms with E-state index in [1.165, 1.54) is 6.33 Å². The first-order chi connectivity index (χ1) is 17.9. The molecule has 0 aromatic carbocycles. The molecule has 0 spiro atoms. The summed E-state index contributed by atoms with van der Waals surface area (Å²) in [6.07, 6.45) is 1.47. The Morgan fingerprint density at radius 3 is 2.71 bits per heavy atom. The molecule has 16 nitrogen and oxygen atoms in total. The molecule has 8 N–H and O–H groups in total. The van der Waals surface area contributed by atoms with E-state index in [-0.39, 0.29) is 36.9 Å². The number of nitrogens with one attached hydrogen (secondary N) is 2. The lowest BCUT2D eigenvalue weighted by atomic mass is 10.0. The van der Waals surface area contributed by atoms with E-state index in [9.17, 15) is 33.5 Å². The SMILES string of the molecule is CNc1nc(C#CCCC(=O)NCCN)nc2c1ncn2C1CC(OP(=O)(O)O)[C@@]2(COP(=O)(O)O)C[C@@H]12. The second kappa shape index (κ2) is 11.0. The van der Waals surface area contributed by atoms with E-state index in [2.05, 4.69) is 37.4 Å². The van der Waals surface area contributed by atoms with Crippen LogP contribution in [0.2, 0.25) is 0 Å². The van der Waals surface area contributed by atoms with Crippen LogP contribution in [-0.4, -0.2) is 77.8 Å². The zero-order valence-corrected chi connectivity index (χ0v) is 22.1. The van der Waals surface area contributed by atoms with Crippen molar-refractivity contribution in [3.8, 4) is 11.8 Å². The van der Waals surface area contributed by atoms with Gasteiger partial charge in [-0.2, -0.15) is 0 Å². The second-order valence-electron chi connectivity index (χ2n) is 9.11. The van der Waals surface area contributed by atoms with Crippen LogP contribution in [0.5, 0.6) is 0 Å². The fourth-order valence-corrected chi connectivity index (χ4v) is 5.99. The maximum Gasteiger partial charge on any atom is 0.469 e. The van der Waals surface area contributed by atoms with Crippen molar-refractivity contribution in [2.24, 2.45) is 17.1 Å². The topological polar surface area (TPSA) is 244 Å². The summed E-state index contributed by atoms with van der Waals surface area (Å²) in [5, 5.41) is 5.61. The molecule has 4 atom stereocenters. The van der Waals surface area contributed by atoms with E-state index in [0.29, 0.717) is 36.5 Å². The van der Waals surface area contributed by atoms with Crippen molar-refractivity contribution in [3.05, 3.63) is 12.2 Å². The first kappa shape index (κ1) is 28.6. The molecule has 2 aliphatic rings. The smallest absolute Gasteiger partial charge is 0.371 e. The van der Waals surface area contributed by atoms with E-state index in [4.69, 9.17) is 14.8 Å². The molecular weight excluding hydrogens is 544 g/mol. The zero-order valence-electron chi connectivity index (χ0n) is 20.3. The molecule has 18 heteroatoms. The van der Waals surface area contributed by atoms with Crippen LogP contribution in [0.25, 0.3) is 11.2 Å². The minimum Gasteiger partial charge on any atom is -0.371 e. The summed E-state index contributed by atoms with van der Waals surface area (Å²) in [4.78, 5) is 62.2. The highest BCUT2D eigenvalue weighted by Crippen LogP contribution is 2.71. The van der Waals surface area contributed by atoms with Crippen molar-refractivity contribution in [3.63, 3.8) is 0 Å². The van der Waals surface area contributed by atoms with E-state index < -0.39 is 39.8 Å². The van der Waals surface area contributed by atoms with Gasteiger partial charge < -0.3 is 40.5 Å². The van der Waals surface area contributed by atoms with Gasteiger partial charge in [-0.05, 0) is 24.7 Å². The Labute approximate surface area is 217 Å². The number of nitrogens with zero attached hydrogens (tertiary/aromatic N) is 4. The fourth-order valence-electron chi connectivity index (χ4n) is 4.95. The standard InChI is InChI=1S/C20H29N7O9P2/c1-22-18-17-19(26-15(25-18)4-2-3-5-16(28)23-7-6-21)27(11-24-17)13-8-14(36-38(32,33)34)20(9-12(13)20)10-35-37(29,30)31/h11-14H,3,5-10,21H2,1H3,(H,23,28)(H,22,25,26)(H2,29,30,31)(H2,32,33,34)/t12-,13?,14?,20+/m0/s1. The van der Waals surface area contributed by atoms with Crippen molar-refractivity contribution < 1.29 is 42.5 Å². The Bertz CT molecular complexity index is 1360. The van der Waals surface area contributed by atoms with Crippen LogP contribution in [0.1, 0.15) is 37.5 Å². The van der Waals surface area contributed by atoms with Gasteiger partial charge in [0.25, 0.3) is 0 Å². The summed E-state index contributed by atoms with van der Waals surface area (Å²) in [7, 11) is -8.06. The van der Waals surface area contributed by atoms with Gasteiger partial charge in [0.1, 0.15) is 0 Å². The number of amides is 1. The second-order valence-corrected chi connectivity index (χ2v) is 11.5. The predicted molar refractivity (Wildman–Crippen MR) is 132 cm³/mol. The number of hydrogen-bond acceptors (Lipinski definition) is 10. The number of imidazole rings is 1. The molecule has 1 amide bonds. The van der Waals surface area contributed by atoms with E-state index in [1.807, 2.05) is 0 Å². The van der Waals surface area contributed by atoms with Crippen LogP contribution in [0.15, 0.2) is 6.33 Å². The van der Waals surface area contributed by atoms with E-state index >= 15 is 0 Å². The Morgan fingerprint density at radius 1 is 1.29 bits per heavy atom. The number of carbonyl (C=O) groups excluding carboxylic acids is 1. The third-order valence-electron chi connectivity index (χ3n) is 6.66. The first-order valence-electron chi connectivity index (χ1n) is 11.7. The normalized spacial score (nSPS) is 24.5. The van der Waals surface area contributed by atoms with Crippen molar-refractivity contribution in [1.82, 2.24) is 24.8 Å². The van der Waals surface area contributed by atoms with Crippen LogP contribution >= 0.6 is 15.6 Å². The maximum absolute atomic E-state index is 11.7. The number of nitrogens with two attached hydrogens (primary N) is 1. The van der Waals surface area contributed by atoms with Crippen LogP contribution in [0, 0.1) is 23.2 Å². The van der Waals surface area contributed by atoms with Gasteiger partial charge in [-0.25, -0.2) is 24.1 Å². The summed E-state index contributed by atoms with van der Waals surface area (Å²) in [6, 6.07) is -0.399. The van der Waals surface area contributed by atoms with Crippen molar-refractivity contribution in [2.45, 2.75) is 37.8 Å². The molecule has 2 unspecified atom stereocenters. The highest BCUT2D eigenvalue weighted by molar-refractivity contribution is 7.46. The molecule has 0 saturated heterocycles. The third kappa shape index (κ3) is 6.40. The number of phosphoric ester groups is 2. The monoisotopic (exact) mass is 573 g/mol. The molecule has 2 aromatic rings. The average Bonchev–Trinajstić information content (AvgIpc) is 3.31. The number of rotatable bonds is 11. The zero-order chi connectivity index (χ0) is 27.7. The van der Waals surface area contributed by atoms with Gasteiger partial charge >= 0.3 is 15.6 Å². The molecule has 38 heavy (non-hydrogen) atoms. The first-order valence-corrected chi connectivity index (χ1v) is 14.7. The molecule has 2 aliphatic carbocycles. The quantitative estimate of drug-likeness (QED) is 0.134. The lowest BCUT2D eigenvalue weighted by Crippen LogP contribution is -2.28. The van der Waals surface area contributed by atoms with Crippen molar-refractivity contribution >= 4 is 38.5 Å². The molecule has 0 aliphatic heterocycles. The van der Waals surface area contributed by atoms with Gasteiger partial charge in [-0.1, -0.05) is 5.92 Å². The van der Waals surface area contributed by atoms with Gasteiger partial charge in [0.15, 0.2) is 17.0 Å². The van der Waals surface area contributed by atoms with E-state index in [0.717, 1.165) is 0 Å². The van der Waals surface area contributed by atoms with Gasteiger partial charge in [-0.3, -0.25) is 13.8 Å². The number of phosphoric acid groups is 2. The van der Waals surface area contributed by atoms with Gasteiger partial charge in [0.05, 0.1) is 19.0 Å². The Kier molecular flexibility index (Phi) is 8.25. The number of anilines is 1. The summed E-state index contributed by atoms with van der Waals surface area (Å²) in [6.45, 7) is 0.302. The molecule has 2 heterocycles. The summed E-state index contributed by atoms with van der Waals surface area (Å²) in [5.74, 6) is 5.87. The number of hydrogen-bond donors (Lipinski definition) is 7. The molecular formula is C20H29N7O9P2. The number of aromatic nitrogens is 4. The Balaban J connectivity index is 1.60. The highest BCUT2D eigenvalue weighted by atomic mass is 31.2. The molecule has 4 rings (SSSR count). The van der Waals surface area contributed by atoms with Crippen LogP contribution < -0.4 is 16.4 Å². The van der Waals surface area contributed by atoms with Crippen LogP contribution in [0.4, 0.5) is 5.82 Å². The van der Waals surface area contributed by atoms with Crippen LogP contribution in [0.3, 0.4) is 0 Å². The maximum atomic E-state index is 11.7. The minimum atomic E-state index is -4.90. The van der Waals surface area contributed by atoms with Crippen molar-refractivity contribution in [1.29, 1.82) is 0 Å². The lowest BCUT2D eigenvalue weighted by Gasteiger charge is -2.24. The third-order valence-corrected chi connectivity index (χ3v) is 7.66. The summed E-state index contributed by atoms with van der Waals surface area (Å²) < 4.78 is 34.4. The Hall–Kier alpha value is -2.44. The van der Waals surface area contributed by atoms with E-state index in [1.54, 1.807) is 11.6 Å². The fraction of sp³-hybridized carbons (Fsp3) is 0.600. The summed E-state index contributed by atoms with van der Waals surface area (Å²) >= 11 is 0. The minimum absolute atomic E-state index is 0.129. The van der Waals surface area contributed by atoms with Gasteiger partial charge in [0, 0.05) is 44.4 Å². The number of fused-ring (bicyclic) bond motifs is 2. The predicted octanol–water partition coefficient (Wildman–Crippen LogP) is -0.387. The Morgan fingerprint density at radius 2 is 2.05 bits per heavy atom. The molecule has 0 radical (unpaired) electrons. The molecule has 2 fully saturated rings. The average molecular weight is 573 g/mol. The lowest BCUT2D eigenvalue weighted by molar-refractivity contribution is -0.120. The highest BCUT2D eigenvalue weighted by Gasteiger charge is 2.70. The molecule has 2 saturated carbocycles. The molecule has 0 bridgehead atoms. The number of carbonyl (C=O) groups is 1. The van der Waals surface area contributed by atoms with Crippen LogP contribution in [-0.2, 0) is 23.0 Å². The molecule has 2 aromatic heterocycles. The largest absolute Gasteiger partial charge is 0.469 e. The molecule has 208 valence electrons. The summed E-state index contributed by atoms with van der Waals surface area (Å²) in [5.41, 5.74) is 5.22. The van der Waals surface area contributed by atoms with Gasteiger partial charge in [0.2, 0.25) is 11.7 Å². The van der Waals surface area contributed by atoms with Crippen molar-refractivity contribution in [2.75, 3.05) is 32.1 Å².